The zero-order valence-electron chi connectivity index (χ0n) is 33.4. The minimum Gasteiger partial charge on any atom is -0.344 e. The number of rotatable bonds is 21. The zero-order valence-corrected chi connectivity index (χ0v) is 33.4. The van der Waals surface area contributed by atoms with Crippen molar-refractivity contribution in [1.29, 1.82) is 0 Å². The highest BCUT2D eigenvalue weighted by molar-refractivity contribution is 5.95. The number of amides is 2. The van der Waals surface area contributed by atoms with Crippen molar-refractivity contribution in [1.82, 2.24) is 31.9 Å². The zero-order chi connectivity index (χ0) is 36.7. The Kier molecular flexibility index (Phi) is 19.5. The fourth-order valence-electron chi connectivity index (χ4n) is 5.21. The standard InChI is InChI=1S/C38H78N6O3/c1-34(2,3)31(45)28(22-16-19-25-39-35(4,5)6)42-32(46)29(23-17-20-26-40-36(7,8)9)43-33(47)30(44-38(13,14)15)24-18-21-27-41-37(10,11)12/h28-30,39-41,44H,16-27H2,1-15H3,(H,42,46)(H,43,47). The van der Waals surface area contributed by atoms with Gasteiger partial charge >= 0.3 is 0 Å². The van der Waals surface area contributed by atoms with E-state index in [1.165, 1.54) is 0 Å². The molecule has 3 unspecified atom stereocenters. The Balaban J connectivity index is 5.83. The van der Waals surface area contributed by atoms with E-state index >= 15 is 0 Å². The Morgan fingerprint density at radius 3 is 1.09 bits per heavy atom. The molecular weight excluding hydrogens is 588 g/mol. The third kappa shape index (κ3) is 25.1. The molecule has 0 spiro atoms. The molecule has 6 N–H and O–H groups in total. The van der Waals surface area contributed by atoms with Gasteiger partial charge in [-0.05, 0) is 154 Å². The number of Topliss-reactive ketones (excluding diaryl/α,β-unsaturated/α-hetero) is 1. The molecule has 0 rings (SSSR count). The second-order valence-corrected chi connectivity index (χ2v) is 18.7. The van der Waals surface area contributed by atoms with Crippen LogP contribution in [0.1, 0.15) is 162 Å². The van der Waals surface area contributed by atoms with Crippen LogP contribution in [0.3, 0.4) is 0 Å². The summed E-state index contributed by atoms with van der Waals surface area (Å²) in [5, 5.41) is 20.2. The summed E-state index contributed by atoms with van der Waals surface area (Å²) in [6, 6.07) is -1.75. The lowest BCUT2D eigenvalue weighted by atomic mass is 9.84. The summed E-state index contributed by atoms with van der Waals surface area (Å²) in [5.41, 5.74) is -0.760. The van der Waals surface area contributed by atoms with E-state index < -0.39 is 23.5 Å². The normalized spacial score (nSPS) is 15.2. The lowest BCUT2D eigenvalue weighted by Gasteiger charge is -2.31. The monoisotopic (exact) mass is 667 g/mol. The summed E-state index contributed by atoms with van der Waals surface area (Å²) >= 11 is 0. The van der Waals surface area contributed by atoms with Gasteiger partial charge in [-0.15, -0.1) is 0 Å². The molecule has 0 aliphatic rings. The van der Waals surface area contributed by atoms with Crippen LogP contribution in [0.4, 0.5) is 0 Å². The van der Waals surface area contributed by atoms with Gasteiger partial charge in [-0.25, -0.2) is 0 Å². The van der Waals surface area contributed by atoms with E-state index in [-0.39, 0.29) is 39.8 Å². The van der Waals surface area contributed by atoms with Crippen LogP contribution in [0.5, 0.6) is 0 Å². The van der Waals surface area contributed by atoms with Crippen molar-refractivity contribution in [3.8, 4) is 0 Å². The van der Waals surface area contributed by atoms with Gasteiger partial charge in [0.05, 0.1) is 12.1 Å². The van der Waals surface area contributed by atoms with Crippen LogP contribution in [0.25, 0.3) is 0 Å². The van der Waals surface area contributed by atoms with Crippen LogP contribution in [0.15, 0.2) is 0 Å². The maximum Gasteiger partial charge on any atom is 0.243 e. The average Bonchev–Trinajstić information content (AvgIpc) is 2.86. The van der Waals surface area contributed by atoms with Crippen molar-refractivity contribution in [3.05, 3.63) is 0 Å². The smallest absolute Gasteiger partial charge is 0.243 e. The first-order valence-electron chi connectivity index (χ1n) is 18.4. The number of hydrogen-bond acceptors (Lipinski definition) is 7. The van der Waals surface area contributed by atoms with E-state index in [4.69, 9.17) is 0 Å². The number of carbonyl (C=O) groups excluding carboxylic acids is 3. The second-order valence-electron chi connectivity index (χ2n) is 18.7. The molecule has 9 heteroatoms. The van der Waals surface area contributed by atoms with Crippen molar-refractivity contribution in [3.63, 3.8) is 0 Å². The Morgan fingerprint density at radius 2 is 0.745 bits per heavy atom. The molecule has 0 saturated carbocycles. The van der Waals surface area contributed by atoms with Crippen LogP contribution in [-0.2, 0) is 14.4 Å². The molecule has 2 amide bonds. The van der Waals surface area contributed by atoms with Gasteiger partial charge in [0.1, 0.15) is 6.04 Å². The van der Waals surface area contributed by atoms with Crippen molar-refractivity contribution >= 4 is 17.6 Å². The van der Waals surface area contributed by atoms with Crippen LogP contribution < -0.4 is 31.9 Å². The molecule has 0 aliphatic heterocycles. The summed E-state index contributed by atoms with van der Waals surface area (Å²) in [6.07, 6.45) is 6.96. The van der Waals surface area contributed by atoms with Crippen LogP contribution in [0.2, 0.25) is 0 Å². The maximum atomic E-state index is 13.9. The molecule has 278 valence electrons. The summed E-state index contributed by atoms with van der Waals surface area (Å²) in [7, 11) is 0. The second kappa shape index (κ2) is 20.2. The van der Waals surface area contributed by atoms with E-state index in [2.05, 4.69) is 115 Å². The van der Waals surface area contributed by atoms with Gasteiger partial charge in [-0.1, -0.05) is 27.2 Å². The lowest BCUT2D eigenvalue weighted by molar-refractivity contribution is -0.135. The Labute approximate surface area is 290 Å². The SMILES string of the molecule is CC(C)(C)NCCCCC(NC(=O)C(CCCCNC(C)(C)C)NC(C)(C)C)C(=O)NC(CCCCNC(C)(C)C)C(=O)C(C)(C)C. The summed E-state index contributed by atoms with van der Waals surface area (Å²) in [5.74, 6) is -0.421. The fraction of sp³-hybridized carbons (Fsp3) is 0.921. The highest BCUT2D eigenvalue weighted by Gasteiger charge is 2.33. The van der Waals surface area contributed by atoms with E-state index in [0.717, 1.165) is 58.2 Å². The molecule has 0 aromatic carbocycles. The average molecular weight is 667 g/mol. The molecule has 9 nitrogen and oxygen atoms in total. The molecule has 0 aromatic rings. The third-order valence-corrected chi connectivity index (χ3v) is 7.65. The van der Waals surface area contributed by atoms with Gasteiger partial charge in [0.25, 0.3) is 0 Å². The van der Waals surface area contributed by atoms with Crippen LogP contribution in [0, 0.1) is 5.41 Å². The molecule has 47 heavy (non-hydrogen) atoms. The minimum atomic E-state index is -0.721. The van der Waals surface area contributed by atoms with Gasteiger partial charge in [0.15, 0.2) is 5.78 Å². The first-order chi connectivity index (χ1) is 21.2. The molecule has 3 atom stereocenters. The first-order valence-corrected chi connectivity index (χ1v) is 18.4. The molecule has 0 aromatic heterocycles. The Hall–Kier alpha value is -1.55. The molecule has 0 bridgehead atoms. The van der Waals surface area contributed by atoms with Gasteiger partial charge < -0.3 is 31.9 Å². The first kappa shape index (κ1) is 45.5. The summed E-state index contributed by atoms with van der Waals surface area (Å²) in [6.45, 7) is 33.7. The van der Waals surface area contributed by atoms with E-state index in [0.29, 0.717) is 19.3 Å². The third-order valence-electron chi connectivity index (χ3n) is 7.65. The Morgan fingerprint density at radius 1 is 0.426 bits per heavy atom. The van der Waals surface area contributed by atoms with Crippen molar-refractivity contribution in [2.75, 3.05) is 19.6 Å². The molecule has 0 saturated heterocycles. The van der Waals surface area contributed by atoms with Gasteiger partial charge in [-0.3, -0.25) is 14.4 Å². The summed E-state index contributed by atoms with van der Waals surface area (Å²) in [4.78, 5) is 41.3. The highest BCUT2D eigenvalue weighted by atomic mass is 16.2. The maximum absolute atomic E-state index is 13.9. The van der Waals surface area contributed by atoms with Gasteiger partial charge in [-0.2, -0.15) is 0 Å². The lowest BCUT2D eigenvalue weighted by Crippen LogP contribution is -2.57. The van der Waals surface area contributed by atoms with Crippen LogP contribution in [-0.4, -0.2) is 77.5 Å². The van der Waals surface area contributed by atoms with E-state index in [1.54, 1.807) is 0 Å². The number of hydrogen-bond donors (Lipinski definition) is 6. The highest BCUT2D eigenvalue weighted by Crippen LogP contribution is 2.20. The van der Waals surface area contributed by atoms with Crippen molar-refractivity contribution in [2.45, 2.75) is 202 Å². The quantitative estimate of drug-likeness (QED) is 0.0831. The fourth-order valence-corrected chi connectivity index (χ4v) is 5.21. The predicted octanol–water partition coefficient (Wildman–Crippen LogP) is 6.00. The molecule has 0 radical (unpaired) electrons. The number of carbonyl (C=O) groups is 3. The molecular formula is C38H78N6O3. The van der Waals surface area contributed by atoms with Crippen molar-refractivity contribution in [2.24, 2.45) is 5.41 Å². The number of unbranched alkanes of at least 4 members (excludes halogenated alkanes) is 3. The Bertz CT molecular complexity index is 916. The number of nitrogens with one attached hydrogen (secondary N) is 6. The van der Waals surface area contributed by atoms with Gasteiger partial charge in [0.2, 0.25) is 11.8 Å². The largest absolute Gasteiger partial charge is 0.344 e. The van der Waals surface area contributed by atoms with Crippen LogP contribution >= 0.6 is 0 Å². The molecule has 0 fully saturated rings. The van der Waals surface area contributed by atoms with E-state index in [9.17, 15) is 14.4 Å². The summed E-state index contributed by atoms with van der Waals surface area (Å²) < 4.78 is 0. The van der Waals surface area contributed by atoms with Crippen molar-refractivity contribution < 1.29 is 14.4 Å². The predicted molar refractivity (Wildman–Crippen MR) is 200 cm³/mol. The van der Waals surface area contributed by atoms with Gasteiger partial charge in [0, 0.05) is 27.6 Å². The van der Waals surface area contributed by atoms with E-state index in [1.807, 2.05) is 20.8 Å². The minimum absolute atomic E-state index is 0.0161. The number of ketones is 1. The molecule has 0 aliphatic carbocycles. The topological polar surface area (TPSA) is 123 Å². The molecule has 0 heterocycles.